The van der Waals surface area contributed by atoms with E-state index >= 15 is 0 Å². The minimum Gasteiger partial charge on any atom is -0.466 e. The molecule has 0 fully saturated rings. The highest BCUT2D eigenvalue weighted by Crippen LogP contribution is 2.46. The molecule has 0 bridgehead atoms. The molecule has 0 unspecified atom stereocenters. The lowest BCUT2D eigenvalue weighted by Gasteiger charge is -2.40. The third-order valence-corrected chi connectivity index (χ3v) is 5.42. The third-order valence-electron chi connectivity index (χ3n) is 5.42. The number of ether oxygens (including phenoxy) is 1. The van der Waals surface area contributed by atoms with Gasteiger partial charge < -0.3 is 10.5 Å². The van der Waals surface area contributed by atoms with Crippen molar-refractivity contribution in [2.24, 2.45) is 5.73 Å². The van der Waals surface area contributed by atoms with E-state index < -0.39 is 11.9 Å². The van der Waals surface area contributed by atoms with Crippen molar-refractivity contribution >= 4 is 17.4 Å². The number of halogens is 1. The summed E-state index contributed by atoms with van der Waals surface area (Å²) in [5.74, 6) is -1.37. The lowest BCUT2D eigenvalue weighted by molar-refractivity contribution is -0.136. The van der Waals surface area contributed by atoms with E-state index in [9.17, 15) is 14.0 Å². The Hall–Kier alpha value is -3.41. The Morgan fingerprint density at radius 3 is 2.45 bits per heavy atom. The van der Waals surface area contributed by atoms with Gasteiger partial charge in [0, 0.05) is 23.4 Å². The molecule has 1 aliphatic carbocycles. The van der Waals surface area contributed by atoms with Gasteiger partial charge in [0.25, 0.3) is 0 Å². The fraction of sp³-hybridized carbons (Fsp3) is 0.217. The molecule has 2 aliphatic rings. The number of anilines is 1. The number of hydrogen-bond donors (Lipinski definition) is 1. The fourth-order valence-corrected chi connectivity index (χ4v) is 4.16. The number of nitrogens with zero attached hydrogens (tertiary/aromatic N) is 1. The molecule has 1 atom stereocenters. The Kier molecular flexibility index (Phi) is 4.92. The van der Waals surface area contributed by atoms with Gasteiger partial charge in [0.05, 0.1) is 18.6 Å². The molecule has 0 aromatic heterocycles. The van der Waals surface area contributed by atoms with Crippen molar-refractivity contribution in [2.45, 2.75) is 25.2 Å². The predicted octanol–water partition coefficient (Wildman–Crippen LogP) is 3.78. The van der Waals surface area contributed by atoms with E-state index in [0.717, 1.165) is 11.3 Å². The molecular formula is C23H21FN2O3. The summed E-state index contributed by atoms with van der Waals surface area (Å²) in [6.45, 7) is 0. The summed E-state index contributed by atoms with van der Waals surface area (Å²) in [7, 11) is 1.29. The summed E-state index contributed by atoms with van der Waals surface area (Å²) in [4.78, 5) is 27.5. The zero-order valence-electron chi connectivity index (χ0n) is 16.0. The van der Waals surface area contributed by atoms with Crippen LogP contribution in [0.2, 0.25) is 0 Å². The molecule has 0 saturated carbocycles. The van der Waals surface area contributed by atoms with Crippen molar-refractivity contribution in [3.63, 3.8) is 0 Å². The van der Waals surface area contributed by atoms with Gasteiger partial charge in [0.1, 0.15) is 11.6 Å². The largest absolute Gasteiger partial charge is 0.466 e. The van der Waals surface area contributed by atoms with Crippen LogP contribution in [0, 0.1) is 5.82 Å². The van der Waals surface area contributed by atoms with Gasteiger partial charge in [0.15, 0.2) is 5.78 Å². The van der Waals surface area contributed by atoms with Crippen molar-refractivity contribution in [3.05, 3.63) is 88.6 Å². The Morgan fingerprint density at radius 2 is 1.79 bits per heavy atom. The number of allylic oxidation sites excluding steroid dienone is 2. The maximum absolute atomic E-state index is 13.5. The number of esters is 1. The van der Waals surface area contributed by atoms with E-state index in [2.05, 4.69) is 0 Å². The van der Waals surface area contributed by atoms with Crippen LogP contribution >= 0.6 is 0 Å². The Morgan fingerprint density at radius 1 is 1.10 bits per heavy atom. The molecule has 0 saturated heterocycles. The van der Waals surface area contributed by atoms with Gasteiger partial charge in [-0.25, -0.2) is 9.18 Å². The monoisotopic (exact) mass is 392 g/mol. The second-order valence-electron chi connectivity index (χ2n) is 7.08. The number of carbonyl (C=O) groups excluding carboxylic acids is 2. The molecule has 2 aromatic rings. The maximum Gasteiger partial charge on any atom is 0.338 e. The first-order valence-corrected chi connectivity index (χ1v) is 9.47. The van der Waals surface area contributed by atoms with Gasteiger partial charge in [-0.15, -0.1) is 0 Å². The topological polar surface area (TPSA) is 72.6 Å². The molecule has 0 amide bonds. The summed E-state index contributed by atoms with van der Waals surface area (Å²) in [5.41, 5.74) is 9.45. The summed E-state index contributed by atoms with van der Waals surface area (Å²) in [6.07, 6.45) is 1.74. The van der Waals surface area contributed by atoms with Crippen LogP contribution < -0.4 is 10.6 Å². The van der Waals surface area contributed by atoms with Crippen LogP contribution in [0.4, 0.5) is 10.1 Å². The van der Waals surface area contributed by atoms with Crippen molar-refractivity contribution in [1.29, 1.82) is 0 Å². The van der Waals surface area contributed by atoms with Crippen LogP contribution in [0.15, 0.2) is 77.3 Å². The van der Waals surface area contributed by atoms with Crippen LogP contribution in [0.3, 0.4) is 0 Å². The number of hydrogen-bond acceptors (Lipinski definition) is 5. The Bertz CT molecular complexity index is 1030. The summed E-state index contributed by atoms with van der Waals surface area (Å²) in [6, 6.07) is 15.2. The number of rotatable bonds is 3. The molecule has 2 aromatic carbocycles. The average Bonchev–Trinajstić information content (AvgIpc) is 2.74. The zero-order chi connectivity index (χ0) is 20.5. The molecule has 5 nitrogen and oxygen atoms in total. The van der Waals surface area contributed by atoms with Crippen LogP contribution in [0.5, 0.6) is 0 Å². The van der Waals surface area contributed by atoms with Gasteiger partial charge in [0.2, 0.25) is 0 Å². The second kappa shape index (κ2) is 7.54. The summed E-state index contributed by atoms with van der Waals surface area (Å²) in [5, 5.41) is 0. The summed E-state index contributed by atoms with van der Waals surface area (Å²) >= 11 is 0. The molecule has 1 aliphatic heterocycles. The van der Waals surface area contributed by atoms with E-state index in [0.29, 0.717) is 30.5 Å². The number of benzene rings is 2. The van der Waals surface area contributed by atoms with Gasteiger partial charge in [-0.1, -0.05) is 30.3 Å². The second-order valence-corrected chi connectivity index (χ2v) is 7.08. The highest BCUT2D eigenvalue weighted by atomic mass is 19.1. The van der Waals surface area contributed by atoms with Crippen LogP contribution in [0.25, 0.3) is 0 Å². The number of carbonyl (C=O) groups is 2. The third kappa shape index (κ3) is 3.20. The van der Waals surface area contributed by atoms with E-state index in [1.807, 2.05) is 30.3 Å². The van der Waals surface area contributed by atoms with Crippen molar-refractivity contribution in [2.75, 3.05) is 12.0 Å². The van der Waals surface area contributed by atoms with Crippen molar-refractivity contribution in [1.82, 2.24) is 0 Å². The smallest absolute Gasteiger partial charge is 0.338 e. The normalized spacial score (nSPS) is 19.3. The molecule has 0 radical (unpaired) electrons. The number of ketones is 1. The van der Waals surface area contributed by atoms with Gasteiger partial charge >= 0.3 is 5.97 Å². The predicted molar refractivity (Wildman–Crippen MR) is 107 cm³/mol. The van der Waals surface area contributed by atoms with Crippen LogP contribution in [-0.4, -0.2) is 18.9 Å². The average molecular weight is 392 g/mol. The molecule has 4 rings (SSSR count). The highest BCUT2D eigenvalue weighted by Gasteiger charge is 2.42. The van der Waals surface area contributed by atoms with Gasteiger partial charge in [-0.3, -0.25) is 9.69 Å². The quantitative estimate of drug-likeness (QED) is 0.805. The number of methoxy groups -OCH3 is 1. The van der Waals surface area contributed by atoms with E-state index in [4.69, 9.17) is 10.5 Å². The molecular weight excluding hydrogens is 371 g/mol. The summed E-state index contributed by atoms with van der Waals surface area (Å²) < 4.78 is 18.5. The number of Topliss-reactive ketones (excluding diaryl/α,β-unsaturated/α-hetero) is 1. The van der Waals surface area contributed by atoms with E-state index in [-0.39, 0.29) is 23.0 Å². The zero-order valence-corrected chi connectivity index (χ0v) is 16.0. The standard InChI is InChI=1S/C23H21FN2O3/c1-29-23(28)21-19(14-6-3-2-4-7-14)20-17(8-5-9-18(20)27)26(22(21)25)16-12-10-15(24)11-13-16/h2-4,6-7,10-13,19H,5,8-9,25H2,1H3/t19-/m1/s1. The first kappa shape index (κ1) is 18.9. The molecule has 2 N–H and O–H groups in total. The molecule has 1 heterocycles. The van der Waals surface area contributed by atoms with Gasteiger partial charge in [-0.2, -0.15) is 0 Å². The minimum absolute atomic E-state index is 0.0129. The molecule has 6 heteroatoms. The van der Waals surface area contributed by atoms with Crippen molar-refractivity contribution < 1.29 is 18.7 Å². The lowest BCUT2D eigenvalue weighted by atomic mass is 9.75. The number of nitrogens with two attached hydrogens (primary N) is 1. The first-order chi connectivity index (χ1) is 14.0. The van der Waals surface area contributed by atoms with E-state index in [1.165, 1.54) is 19.2 Å². The molecule has 0 spiro atoms. The first-order valence-electron chi connectivity index (χ1n) is 9.47. The maximum atomic E-state index is 13.5. The highest BCUT2D eigenvalue weighted by molar-refractivity contribution is 6.05. The Balaban J connectivity index is 1.99. The van der Waals surface area contributed by atoms with Crippen LogP contribution in [0.1, 0.15) is 30.7 Å². The lowest BCUT2D eigenvalue weighted by Crippen LogP contribution is -2.40. The minimum atomic E-state index is -0.594. The van der Waals surface area contributed by atoms with Gasteiger partial charge in [-0.05, 0) is 42.7 Å². The molecule has 29 heavy (non-hydrogen) atoms. The Labute approximate surface area is 168 Å². The SMILES string of the molecule is COC(=O)C1=C(N)N(c2ccc(F)cc2)C2=C(C(=O)CCC2)[C@H]1c1ccccc1. The van der Waals surface area contributed by atoms with Crippen molar-refractivity contribution in [3.8, 4) is 0 Å². The van der Waals surface area contributed by atoms with E-state index in [1.54, 1.807) is 17.0 Å². The van der Waals surface area contributed by atoms with Crippen LogP contribution in [-0.2, 0) is 14.3 Å². The molecule has 148 valence electrons. The fourth-order valence-electron chi connectivity index (χ4n) is 4.16.